The summed E-state index contributed by atoms with van der Waals surface area (Å²) in [7, 11) is 0. The first-order valence-electron chi connectivity index (χ1n) is 7.35. The summed E-state index contributed by atoms with van der Waals surface area (Å²) in [6, 6.07) is 9.44. The fraction of sp³-hybridized carbons (Fsp3) is 0.625. The van der Waals surface area contributed by atoms with Gasteiger partial charge in [-0.25, -0.2) is 0 Å². The van der Waals surface area contributed by atoms with E-state index in [1.807, 2.05) is 12.1 Å². The zero-order valence-electron chi connectivity index (χ0n) is 11.4. The van der Waals surface area contributed by atoms with Gasteiger partial charge in [-0.1, -0.05) is 23.7 Å². The van der Waals surface area contributed by atoms with E-state index in [-0.39, 0.29) is 0 Å². The molecule has 0 spiro atoms. The van der Waals surface area contributed by atoms with Crippen LogP contribution >= 0.6 is 11.6 Å². The Labute approximate surface area is 120 Å². The summed E-state index contributed by atoms with van der Waals surface area (Å²) in [6.07, 6.45) is 5.32. The second-order valence-electron chi connectivity index (χ2n) is 5.92. The maximum Gasteiger partial charge on any atom is 0.0726 e. The van der Waals surface area contributed by atoms with Gasteiger partial charge in [0.1, 0.15) is 0 Å². The number of hydrogen-bond donors (Lipinski definition) is 1. The van der Waals surface area contributed by atoms with Gasteiger partial charge in [-0.05, 0) is 56.2 Å². The minimum absolute atomic E-state index is 0.426. The van der Waals surface area contributed by atoms with Gasteiger partial charge in [0.2, 0.25) is 0 Å². The van der Waals surface area contributed by atoms with Crippen molar-refractivity contribution in [1.29, 1.82) is 0 Å². The Morgan fingerprint density at radius 3 is 2.63 bits per heavy atom. The first-order valence-corrected chi connectivity index (χ1v) is 7.73. The summed E-state index contributed by atoms with van der Waals surface area (Å²) in [5.74, 6) is 0.700. The standard InChI is InChI=1S/C16H22ClNO/c1-11(16-3-2-8-19-16)18-15-9-13(10-15)12-4-6-14(17)7-5-12/h4-7,11,13,15-16,18H,2-3,8-10H2,1H3. The van der Waals surface area contributed by atoms with Gasteiger partial charge in [0, 0.05) is 23.7 Å². The third-order valence-corrected chi connectivity index (χ3v) is 4.75. The molecular weight excluding hydrogens is 258 g/mol. The summed E-state index contributed by atoms with van der Waals surface area (Å²) < 4.78 is 5.73. The first-order chi connectivity index (χ1) is 9.22. The Morgan fingerprint density at radius 2 is 2.00 bits per heavy atom. The first kappa shape index (κ1) is 13.4. The second-order valence-corrected chi connectivity index (χ2v) is 6.36. The SMILES string of the molecule is CC(NC1CC(c2ccc(Cl)cc2)C1)C1CCCO1. The van der Waals surface area contributed by atoms with Crippen molar-refractivity contribution in [3.05, 3.63) is 34.9 Å². The lowest BCUT2D eigenvalue weighted by atomic mass is 9.75. The zero-order valence-corrected chi connectivity index (χ0v) is 12.2. The third kappa shape index (κ3) is 3.13. The van der Waals surface area contributed by atoms with Crippen molar-refractivity contribution in [1.82, 2.24) is 5.32 Å². The van der Waals surface area contributed by atoms with Crippen LogP contribution in [0.2, 0.25) is 5.02 Å². The minimum atomic E-state index is 0.426. The molecule has 0 bridgehead atoms. The summed E-state index contributed by atoms with van der Waals surface area (Å²) in [5, 5.41) is 4.54. The molecule has 3 rings (SSSR count). The van der Waals surface area contributed by atoms with Crippen LogP contribution in [0, 0.1) is 0 Å². The number of hydrogen-bond acceptors (Lipinski definition) is 2. The number of ether oxygens (including phenoxy) is 1. The van der Waals surface area contributed by atoms with Crippen LogP contribution in [0.15, 0.2) is 24.3 Å². The maximum absolute atomic E-state index is 5.92. The van der Waals surface area contributed by atoms with E-state index in [1.54, 1.807) is 0 Å². The Bertz CT molecular complexity index is 407. The number of rotatable bonds is 4. The normalized spacial score (nSPS) is 32.0. The van der Waals surface area contributed by atoms with Crippen LogP contribution in [0.1, 0.15) is 44.1 Å². The van der Waals surface area contributed by atoms with Gasteiger partial charge in [-0.15, -0.1) is 0 Å². The molecule has 1 heterocycles. The van der Waals surface area contributed by atoms with Crippen LogP contribution in [0.4, 0.5) is 0 Å². The van der Waals surface area contributed by atoms with Crippen molar-refractivity contribution in [2.45, 2.75) is 56.7 Å². The van der Waals surface area contributed by atoms with Crippen molar-refractivity contribution in [2.75, 3.05) is 6.61 Å². The molecule has 2 atom stereocenters. The average molecular weight is 280 g/mol. The molecule has 1 aliphatic heterocycles. The summed E-state index contributed by atoms with van der Waals surface area (Å²) in [5.41, 5.74) is 1.42. The van der Waals surface area contributed by atoms with Crippen LogP contribution in [-0.2, 0) is 4.74 Å². The molecule has 2 fully saturated rings. The number of halogens is 1. The van der Waals surface area contributed by atoms with Gasteiger partial charge in [-0.3, -0.25) is 0 Å². The molecule has 1 aromatic carbocycles. The molecule has 1 aromatic rings. The van der Waals surface area contributed by atoms with Gasteiger partial charge < -0.3 is 10.1 Å². The highest BCUT2D eigenvalue weighted by Gasteiger charge is 2.33. The van der Waals surface area contributed by atoms with Gasteiger partial charge in [-0.2, -0.15) is 0 Å². The molecule has 104 valence electrons. The summed E-state index contributed by atoms with van der Waals surface area (Å²) >= 11 is 5.92. The Kier molecular flexibility index (Phi) is 4.11. The van der Waals surface area contributed by atoms with E-state index in [2.05, 4.69) is 24.4 Å². The molecule has 19 heavy (non-hydrogen) atoms. The van der Waals surface area contributed by atoms with E-state index in [9.17, 15) is 0 Å². The topological polar surface area (TPSA) is 21.3 Å². The quantitative estimate of drug-likeness (QED) is 0.906. The number of nitrogens with one attached hydrogen (secondary N) is 1. The predicted molar refractivity (Wildman–Crippen MR) is 78.8 cm³/mol. The van der Waals surface area contributed by atoms with Crippen molar-refractivity contribution in [3.8, 4) is 0 Å². The molecule has 0 radical (unpaired) electrons. The van der Waals surface area contributed by atoms with Gasteiger partial charge in [0.15, 0.2) is 0 Å². The number of benzene rings is 1. The largest absolute Gasteiger partial charge is 0.377 e. The Hall–Kier alpha value is -0.570. The molecule has 1 N–H and O–H groups in total. The van der Waals surface area contributed by atoms with Gasteiger partial charge in [0.25, 0.3) is 0 Å². The average Bonchev–Trinajstić information content (AvgIpc) is 2.88. The highest BCUT2D eigenvalue weighted by atomic mass is 35.5. The molecule has 0 amide bonds. The van der Waals surface area contributed by atoms with Gasteiger partial charge >= 0.3 is 0 Å². The van der Waals surface area contributed by atoms with Crippen molar-refractivity contribution < 1.29 is 4.74 Å². The minimum Gasteiger partial charge on any atom is -0.377 e. The van der Waals surface area contributed by atoms with Crippen molar-refractivity contribution >= 4 is 11.6 Å². The molecule has 3 heteroatoms. The van der Waals surface area contributed by atoms with Crippen molar-refractivity contribution in [2.24, 2.45) is 0 Å². The second kappa shape index (κ2) is 5.82. The lowest BCUT2D eigenvalue weighted by Gasteiger charge is -2.39. The van der Waals surface area contributed by atoms with Crippen LogP contribution in [0.25, 0.3) is 0 Å². The molecule has 2 aliphatic rings. The smallest absolute Gasteiger partial charge is 0.0726 e. The van der Waals surface area contributed by atoms with Crippen LogP contribution < -0.4 is 5.32 Å². The van der Waals surface area contributed by atoms with E-state index in [0.29, 0.717) is 24.1 Å². The van der Waals surface area contributed by atoms with E-state index < -0.39 is 0 Å². The van der Waals surface area contributed by atoms with E-state index >= 15 is 0 Å². The fourth-order valence-corrected chi connectivity index (χ4v) is 3.36. The molecule has 2 nitrogen and oxygen atoms in total. The van der Waals surface area contributed by atoms with Crippen molar-refractivity contribution in [3.63, 3.8) is 0 Å². The molecule has 0 aromatic heterocycles. The van der Waals surface area contributed by atoms with E-state index in [0.717, 1.165) is 11.6 Å². The highest BCUT2D eigenvalue weighted by molar-refractivity contribution is 6.30. The molecular formula is C16H22ClNO. The molecule has 1 saturated heterocycles. The van der Waals surface area contributed by atoms with Crippen LogP contribution in [0.3, 0.4) is 0 Å². The monoisotopic (exact) mass is 279 g/mol. The Balaban J connectivity index is 1.46. The fourth-order valence-electron chi connectivity index (χ4n) is 3.24. The van der Waals surface area contributed by atoms with Gasteiger partial charge in [0.05, 0.1) is 6.10 Å². The molecule has 1 saturated carbocycles. The van der Waals surface area contributed by atoms with Crippen LogP contribution in [0.5, 0.6) is 0 Å². The summed E-state index contributed by atoms with van der Waals surface area (Å²) in [4.78, 5) is 0. The maximum atomic E-state index is 5.92. The lowest BCUT2D eigenvalue weighted by molar-refractivity contribution is 0.0731. The van der Waals surface area contributed by atoms with Crippen LogP contribution in [-0.4, -0.2) is 24.8 Å². The molecule has 2 unspecified atom stereocenters. The lowest BCUT2D eigenvalue weighted by Crippen LogP contribution is -2.48. The highest BCUT2D eigenvalue weighted by Crippen LogP contribution is 2.37. The molecule has 1 aliphatic carbocycles. The Morgan fingerprint density at radius 1 is 1.26 bits per heavy atom. The third-order valence-electron chi connectivity index (χ3n) is 4.50. The summed E-state index contributed by atoms with van der Waals surface area (Å²) in [6.45, 7) is 3.19. The zero-order chi connectivity index (χ0) is 13.2. The predicted octanol–water partition coefficient (Wildman–Crippen LogP) is 3.74. The van der Waals surface area contributed by atoms with E-state index in [4.69, 9.17) is 16.3 Å². The van der Waals surface area contributed by atoms with E-state index in [1.165, 1.54) is 31.2 Å².